The number of carbonyl (C=O) groups excluding carboxylic acids is 2. The van der Waals surface area contributed by atoms with Crippen molar-refractivity contribution >= 4 is 39.1 Å². The maximum Gasteiger partial charge on any atom is 0.300 e. The summed E-state index contributed by atoms with van der Waals surface area (Å²) in [5.41, 5.74) is 1.47. The summed E-state index contributed by atoms with van der Waals surface area (Å²) in [5.74, 6) is -2.23. The monoisotopic (exact) mass is 495 g/mol. The fourth-order valence-corrected chi connectivity index (χ4v) is 4.04. The summed E-state index contributed by atoms with van der Waals surface area (Å²) in [6.07, 6.45) is 0. The molecule has 0 spiro atoms. The molecule has 0 radical (unpaired) electrons. The molecule has 0 aliphatic carbocycles. The van der Waals surface area contributed by atoms with Crippen molar-refractivity contribution in [3.8, 4) is 5.75 Å². The molecule has 1 fully saturated rings. The molecule has 1 unspecified atom stereocenters. The summed E-state index contributed by atoms with van der Waals surface area (Å²) in [5, 5.41) is 11.1. The van der Waals surface area contributed by atoms with E-state index in [1.54, 1.807) is 48.5 Å². The molecule has 1 amide bonds. The molecule has 0 saturated carbocycles. The number of ketones is 1. The molecule has 32 heavy (non-hydrogen) atoms. The van der Waals surface area contributed by atoms with Crippen molar-refractivity contribution in [2.45, 2.75) is 13.0 Å². The molecule has 1 heterocycles. The van der Waals surface area contributed by atoms with E-state index >= 15 is 0 Å². The van der Waals surface area contributed by atoms with E-state index in [1.165, 1.54) is 30.2 Å². The summed E-state index contributed by atoms with van der Waals surface area (Å²) in [6, 6.07) is 16.4. The molecule has 1 atom stereocenters. The summed E-state index contributed by atoms with van der Waals surface area (Å²) in [4.78, 5) is 27.5. The van der Waals surface area contributed by atoms with Crippen molar-refractivity contribution in [3.63, 3.8) is 0 Å². The van der Waals surface area contributed by atoms with Crippen LogP contribution in [0.15, 0.2) is 76.8 Å². The highest BCUT2D eigenvalue weighted by Gasteiger charge is 2.47. The SMILES string of the molecule is COc1cccc(N2C(=O)C(=O)/C(=C(/O)c3ccc(Br)c(C)c3)C2c2ccccc2F)c1. The van der Waals surface area contributed by atoms with Gasteiger partial charge in [-0.25, -0.2) is 4.39 Å². The van der Waals surface area contributed by atoms with Crippen LogP contribution >= 0.6 is 15.9 Å². The highest BCUT2D eigenvalue weighted by Crippen LogP contribution is 2.43. The minimum Gasteiger partial charge on any atom is -0.507 e. The number of halogens is 2. The number of aliphatic hydroxyl groups excluding tert-OH is 1. The van der Waals surface area contributed by atoms with E-state index in [2.05, 4.69) is 15.9 Å². The van der Waals surface area contributed by atoms with E-state index < -0.39 is 23.5 Å². The normalized spacial score (nSPS) is 17.6. The van der Waals surface area contributed by atoms with Gasteiger partial charge in [0.25, 0.3) is 11.7 Å². The third-order valence-electron chi connectivity index (χ3n) is 5.41. The Morgan fingerprint density at radius 1 is 1.06 bits per heavy atom. The largest absolute Gasteiger partial charge is 0.507 e. The number of Topliss-reactive ketones (excluding diaryl/α,β-unsaturated/α-hetero) is 1. The number of ether oxygens (including phenoxy) is 1. The molecule has 7 heteroatoms. The van der Waals surface area contributed by atoms with Crippen molar-refractivity contribution in [3.05, 3.63) is 99.3 Å². The average molecular weight is 496 g/mol. The fourth-order valence-electron chi connectivity index (χ4n) is 3.80. The van der Waals surface area contributed by atoms with Gasteiger partial charge in [0.1, 0.15) is 17.3 Å². The Kier molecular flexibility index (Phi) is 5.84. The van der Waals surface area contributed by atoms with E-state index in [0.29, 0.717) is 17.0 Å². The first-order chi connectivity index (χ1) is 15.3. The molecule has 0 aromatic heterocycles. The van der Waals surface area contributed by atoms with Crippen LogP contribution < -0.4 is 9.64 Å². The number of nitrogens with zero attached hydrogens (tertiary/aromatic N) is 1. The fraction of sp³-hybridized carbons (Fsp3) is 0.120. The molecular weight excluding hydrogens is 477 g/mol. The van der Waals surface area contributed by atoms with Crippen LogP contribution in [0.4, 0.5) is 10.1 Å². The predicted octanol–water partition coefficient (Wildman–Crippen LogP) is 5.53. The average Bonchev–Trinajstić information content (AvgIpc) is 3.06. The Morgan fingerprint density at radius 3 is 2.50 bits per heavy atom. The van der Waals surface area contributed by atoms with Gasteiger partial charge in [-0.1, -0.05) is 46.3 Å². The van der Waals surface area contributed by atoms with Gasteiger partial charge < -0.3 is 9.84 Å². The van der Waals surface area contributed by atoms with Crippen LogP contribution in [0.1, 0.15) is 22.7 Å². The Labute approximate surface area is 192 Å². The first kappa shape index (κ1) is 21.8. The highest BCUT2D eigenvalue weighted by molar-refractivity contribution is 9.10. The van der Waals surface area contributed by atoms with E-state index in [0.717, 1.165) is 10.0 Å². The van der Waals surface area contributed by atoms with Crippen LogP contribution in [0.25, 0.3) is 5.76 Å². The number of aliphatic hydroxyl groups is 1. The zero-order chi connectivity index (χ0) is 23.0. The Morgan fingerprint density at radius 2 is 1.81 bits per heavy atom. The van der Waals surface area contributed by atoms with Gasteiger partial charge in [-0.15, -0.1) is 0 Å². The van der Waals surface area contributed by atoms with Crippen LogP contribution in [-0.4, -0.2) is 23.9 Å². The van der Waals surface area contributed by atoms with Crippen molar-refractivity contribution in [1.29, 1.82) is 0 Å². The molecule has 162 valence electrons. The van der Waals surface area contributed by atoms with Gasteiger partial charge in [0.2, 0.25) is 0 Å². The summed E-state index contributed by atoms with van der Waals surface area (Å²) < 4.78 is 21.0. The first-order valence-electron chi connectivity index (χ1n) is 9.79. The van der Waals surface area contributed by atoms with Crippen LogP contribution in [0, 0.1) is 12.7 Å². The van der Waals surface area contributed by atoms with Crippen LogP contribution in [0.5, 0.6) is 5.75 Å². The van der Waals surface area contributed by atoms with E-state index in [9.17, 15) is 19.1 Å². The topological polar surface area (TPSA) is 66.8 Å². The van der Waals surface area contributed by atoms with Gasteiger partial charge in [0.05, 0.1) is 18.7 Å². The van der Waals surface area contributed by atoms with Crippen LogP contribution in [-0.2, 0) is 9.59 Å². The van der Waals surface area contributed by atoms with Crippen molar-refractivity contribution < 1.29 is 23.8 Å². The maximum atomic E-state index is 14.9. The lowest BCUT2D eigenvalue weighted by Crippen LogP contribution is -2.29. The molecule has 3 aromatic carbocycles. The second-order valence-electron chi connectivity index (χ2n) is 7.36. The number of hydrogen-bond acceptors (Lipinski definition) is 4. The molecule has 0 bridgehead atoms. The van der Waals surface area contributed by atoms with E-state index in [1.807, 2.05) is 6.92 Å². The van der Waals surface area contributed by atoms with Crippen LogP contribution in [0.3, 0.4) is 0 Å². The van der Waals surface area contributed by atoms with E-state index in [4.69, 9.17) is 4.74 Å². The number of carbonyl (C=O) groups is 2. The Balaban J connectivity index is 1.98. The van der Waals surface area contributed by atoms with Gasteiger partial charge in [0.15, 0.2) is 0 Å². The number of anilines is 1. The van der Waals surface area contributed by atoms with Gasteiger partial charge in [-0.05, 0) is 42.8 Å². The quantitative estimate of drug-likeness (QED) is 0.293. The third-order valence-corrected chi connectivity index (χ3v) is 6.30. The van der Waals surface area contributed by atoms with Crippen LogP contribution in [0.2, 0.25) is 0 Å². The second-order valence-corrected chi connectivity index (χ2v) is 8.21. The first-order valence-corrected chi connectivity index (χ1v) is 10.6. The van der Waals surface area contributed by atoms with Crippen molar-refractivity contribution in [2.24, 2.45) is 0 Å². The highest BCUT2D eigenvalue weighted by atomic mass is 79.9. The third kappa shape index (κ3) is 3.69. The molecule has 5 nitrogen and oxygen atoms in total. The summed E-state index contributed by atoms with van der Waals surface area (Å²) in [7, 11) is 1.48. The molecule has 4 rings (SSSR count). The lowest BCUT2D eigenvalue weighted by atomic mass is 9.94. The summed E-state index contributed by atoms with van der Waals surface area (Å²) in [6.45, 7) is 1.84. The maximum absolute atomic E-state index is 14.9. The zero-order valence-corrected chi connectivity index (χ0v) is 18.9. The number of benzene rings is 3. The summed E-state index contributed by atoms with van der Waals surface area (Å²) >= 11 is 3.41. The molecule has 1 saturated heterocycles. The smallest absolute Gasteiger partial charge is 0.300 e. The molecule has 1 aliphatic rings. The number of amides is 1. The molecule has 1 aliphatic heterocycles. The number of methoxy groups -OCH3 is 1. The second kappa shape index (κ2) is 8.59. The minimum absolute atomic E-state index is 0.102. The van der Waals surface area contributed by atoms with Gasteiger partial charge >= 0.3 is 0 Å². The van der Waals surface area contributed by atoms with Gasteiger partial charge in [0, 0.05) is 27.4 Å². The lowest BCUT2D eigenvalue weighted by molar-refractivity contribution is -0.132. The van der Waals surface area contributed by atoms with Gasteiger partial charge in [-0.2, -0.15) is 0 Å². The lowest BCUT2D eigenvalue weighted by Gasteiger charge is -2.26. The van der Waals surface area contributed by atoms with E-state index in [-0.39, 0.29) is 16.9 Å². The zero-order valence-electron chi connectivity index (χ0n) is 17.3. The minimum atomic E-state index is -1.15. The standard InChI is InChI=1S/C25H19BrFNO4/c1-14-12-15(10-11-19(14)26)23(29)21-22(18-8-3-4-9-20(18)27)28(25(31)24(21)30)16-6-5-7-17(13-16)32-2/h3-13,22,29H,1-2H3/b23-21+. The van der Waals surface area contributed by atoms with Gasteiger partial charge in [-0.3, -0.25) is 14.5 Å². The number of rotatable bonds is 4. The number of hydrogen-bond donors (Lipinski definition) is 1. The van der Waals surface area contributed by atoms with Crippen molar-refractivity contribution in [2.75, 3.05) is 12.0 Å². The van der Waals surface area contributed by atoms with Crippen molar-refractivity contribution in [1.82, 2.24) is 0 Å². The molecule has 1 N–H and O–H groups in total. The predicted molar refractivity (Wildman–Crippen MR) is 123 cm³/mol. The Hall–Kier alpha value is -3.45. The molecule has 3 aromatic rings. The number of aryl methyl sites for hydroxylation is 1. The molecular formula is C25H19BrFNO4. The Bertz CT molecular complexity index is 1270.